The molecule has 0 aliphatic heterocycles. The molecule has 0 amide bonds. The zero-order chi connectivity index (χ0) is 12.3. The number of nitrogens with one attached hydrogen (secondary N) is 1. The van der Waals surface area contributed by atoms with Crippen LogP contribution < -0.4 is 5.32 Å². The highest BCUT2D eigenvalue weighted by Gasteiger charge is 2.01. The van der Waals surface area contributed by atoms with E-state index in [9.17, 15) is 4.79 Å². The Morgan fingerprint density at radius 3 is 2.59 bits per heavy atom. The molecule has 5 heteroatoms. The average molecular weight is 231 g/mol. The standard InChI is InChI=1S/C12H13N3O2/c1-15-8-11(7-13-15)14-10-4-2-9(3-5-10)6-12(16)17/h2-5,7-8,14H,6H2,1H3,(H,16,17). The fourth-order valence-electron chi connectivity index (χ4n) is 1.53. The number of hydrogen-bond donors (Lipinski definition) is 2. The molecule has 0 atom stereocenters. The highest BCUT2D eigenvalue weighted by Crippen LogP contribution is 2.16. The summed E-state index contributed by atoms with van der Waals surface area (Å²) in [6, 6.07) is 7.30. The van der Waals surface area contributed by atoms with Gasteiger partial charge in [-0.2, -0.15) is 5.10 Å². The highest BCUT2D eigenvalue weighted by atomic mass is 16.4. The van der Waals surface area contributed by atoms with Crippen molar-refractivity contribution in [2.45, 2.75) is 6.42 Å². The van der Waals surface area contributed by atoms with Gasteiger partial charge < -0.3 is 10.4 Å². The molecule has 0 fully saturated rings. The number of aryl methyl sites for hydroxylation is 1. The molecule has 2 rings (SSSR count). The second-order valence-corrected chi connectivity index (χ2v) is 3.80. The van der Waals surface area contributed by atoms with Gasteiger partial charge in [-0.05, 0) is 17.7 Å². The van der Waals surface area contributed by atoms with Gasteiger partial charge in [0.1, 0.15) is 0 Å². The van der Waals surface area contributed by atoms with Gasteiger partial charge >= 0.3 is 5.97 Å². The second kappa shape index (κ2) is 4.69. The third-order valence-electron chi connectivity index (χ3n) is 2.30. The smallest absolute Gasteiger partial charge is 0.307 e. The summed E-state index contributed by atoms with van der Waals surface area (Å²) >= 11 is 0. The number of rotatable bonds is 4. The first-order valence-electron chi connectivity index (χ1n) is 5.20. The quantitative estimate of drug-likeness (QED) is 0.841. The molecule has 0 saturated heterocycles. The summed E-state index contributed by atoms with van der Waals surface area (Å²) in [5.41, 5.74) is 2.60. The predicted molar refractivity (Wildman–Crippen MR) is 64.3 cm³/mol. The summed E-state index contributed by atoms with van der Waals surface area (Å²) in [7, 11) is 1.85. The van der Waals surface area contributed by atoms with Crippen LogP contribution in [-0.2, 0) is 18.3 Å². The molecule has 0 aliphatic rings. The Morgan fingerprint density at radius 2 is 2.06 bits per heavy atom. The largest absolute Gasteiger partial charge is 0.481 e. The molecule has 1 aromatic heterocycles. The summed E-state index contributed by atoms with van der Waals surface area (Å²) in [6.07, 6.45) is 3.64. The Kier molecular flexibility index (Phi) is 3.09. The normalized spacial score (nSPS) is 10.2. The van der Waals surface area contributed by atoms with Gasteiger partial charge in [-0.1, -0.05) is 12.1 Å². The Hall–Kier alpha value is -2.30. The highest BCUT2D eigenvalue weighted by molar-refractivity contribution is 5.70. The summed E-state index contributed by atoms with van der Waals surface area (Å²) in [6.45, 7) is 0. The molecule has 0 bridgehead atoms. The van der Waals surface area contributed by atoms with Gasteiger partial charge in [-0.3, -0.25) is 9.48 Å². The fraction of sp³-hybridized carbons (Fsp3) is 0.167. The molecule has 1 heterocycles. The first-order valence-corrected chi connectivity index (χ1v) is 5.20. The van der Waals surface area contributed by atoms with Crippen molar-refractivity contribution >= 4 is 17.3 Å². The van der Waals surface area contributed by atoms with Gasteiger partial charge in [0, 0.05) is 18.9 Å². The van der Waals surface area contributed by atoms with Gasteiger partial charge in [0.05, 0.1) is 18.3 Å². The number of benzene rings is 1. The zero-order valence-corrected chi connectivity index (χ0v) is 9.42. The molecule has 1 aromatic carbocycles. The molecule has 88 valence electrons. The van der Waals surface area contributed by atoms with Crippen LogP contribution in [0.15, 0.2) is 36.7 Å². The van der Waals surface area contributed by atoms with E-state index in [0.29, 0.717) is 0 Å². The van der Waals surface area contributed by atoms with Crippen molar-refractivity contribution < 1.29 is 9.90 Å². The molecule has 0 radical (unpaired) electrons. The molecular weight excluding hydrogens is 218 g/mol. The van der Waals surface area contributed by atoms with E-state index in [1.807, 2.05) is 25.4 Å². The maximum atomic E-state index is 10.5. The summed E-state index contributed by atoms with van der Waals surface area (Å²) in [5.74, 6) is -0.821. The maximum absolute atomic E-state index is 10.5. The Morgan fingerprint density at radius 1 is 1.35 bits per heavy atom. The lowest BCUT2D eigenvalue weighted by Crippen LogP contribution is -1.99. The first kappa shape index (κ1) is 11.2. The third-order valence-corrected chi connectivity index (χ3v) is 2.30. The summed E-state index contributed by atoms with van der Waals surface area (Å²) in [5, 5.41) is 15.9. The van der Waals surface area contributed by atoms with Crippen LogP contribution in [0.5, 0.6) is 0 Å². The molecule has 2 aromatic rings. The molecular formula is C12H13N3O2. The van der Waals surface area contributed by atoms with E-state index in [1.165, 1.54) is 0 Å². The van der Waals surface area contributed by atoms with Crippen molar-refractivity contribution in [3.05, 3.63) is 42.2 Å². The fourth-order valence-corrected chi connectivity index (χ4v) is 1.53. The molecule has 0 saturated carbocycles. The van der Waals surface area contributed by atoms with Crippen molar-refractivity contribution in [2.75, 3.05) is 5.32 Å². The number of anilines is 2. The second-order valence-electron chi connectivity index (χ2n) is 3.80. The SMILES string of the molecule is Cn1cc(Nc2ccc(CC(=O)O)cc2)cn1. The zero-order valence-electron chi connectivity index (χ0n) is 9.42. The number of carbonyl (C=O) groups is 1. The van der Waals surface area contributed by atoms with Crippen molar-refractivity contribution in [2.24, 2.45) is 7.05 Å². The molecule has 2 N–H and O–H groups in total. The van der Waals surface area contributed by atoms with Gasteiger partial charge in [0.2, 0.25) is 0 Å². The minimum absolute atomic E-state index is 0.0488. The van der Waals surface area contributed by atoms with E-state index in [0.717, 1.165) is 16.9 Å². The predicted octanol–water partition coefficient (Wildman–Crippen LogP) is 1.79. The van der Waals surface area contributed by atoms with Crippen molar-refractivity contribution in [3.8, 4) is 0 Å². The van der Waals surface area contributed by atoms with Crippen LogP contribution in [0.1, 0.15) is 5.56 Å². The molecule has 0 unspecified atom stereocenters. The van der Waals surface area contributed by atoms with E-state index >= 15 is 0 Å². The van der Waals surface area contributed by atoms with Crippen LogP contribution in [0, 0.1) is 0 Å². The number of carboxylic acids is 1. The number of carboxylic acid groups (broad SMARTS) is 1. The van der Waals surface area contributed by atoms with E-state index in [1.54, 1.807) is 23.0 Å². The lowest BCUT2D eigenvalue weighted by molar-refractivity contribution is -0.136. The van der Waals surface area contributed by atoms with Crippen LogP contribution >= 0.6 is 0 Å². The van der Waals surface area contributed by atoms with E-state index in [-0.39, 0.29) is 6.42 Å². The number of aromatic nitrogens is 2. The molecule has 5 nitrogen and oxygen atoms in total. The lowest BCUT2D eigenvalue weighted by atomic mass is 10.1. The van der Waals surface area contributed by atoms with Gasteiger partial charge in [-0.25, -0.2) is 0 Å². The summed E-state index contributed by atoms with van der Waals surface area (Å²) < 4.78 is 1.71. The minimum Gasteiger partial charge on any atom is -0.481 e. The van der Waals surface area contributed by atoms with Gasteiger partial charge in [0.15, 0.2) is 0 Å². The van der Waals surface area contributed by atoms with E-state index < -0.39 is 5.97 Å². The van der Waals surface area contributed by atoms with Gasteiger partial charge in [0.25, 0.3) is 0 Å². The number of aliphatic carboxylic acids is 1. The molecule has 0 aliphatic carbocycles. The van der Waals surface area contributed by atoms with E-state index in [4.69, 9.17) is 5.11 Å². The lowest BCUT2D eigenvalue weighted by Gasteiger charge is -2.04. The molecule has 0 spiro atoms. The van der Waals surface area contributed by atoms with Crippen LogP contribution in [-0.4, -0.2) is 20.9 Å². The van der Waals surface area contributed by atoms with Crippen LogP contribution in [0.25, 0.3) is 0 Å². The first-order chi connectivity index (χ1) is 8.13. The van der Waals surface area contributed by atoms with Crippen LogP contribution in [0.2, 0.25) is 0 Å². The Labute approximate surface area is 98.7 Å². The monoisotopic (exact) mass is 231 g/mol. The third kappa shape index (κ3) is 3.07. The minimum atomic E-state index is -0.821. The average Bonchev–Trinajstić information content (AvgIpc) is 2.66. The maximum Gasteiger partial charge on any atom is 0.307 e. The number of nitrogens with zero attached hydrogens (tertiary/aromatic N) is 2. The van der Waals surface area contributed by atoms with Crippen molar-refractivity contribution in [1.82, 2.24) is 9.78 Å². The van der Waals surface area contributed by atoms with Crippen LogP contribution in [0.4, 0.5) is 11.4 Å². The van der Waals surface area contributed by atoms with Crippen molar-refractivity contribution in [1.29, 1.82) is 0 Å². The number of hydrogen-bond acceptors (Lipinski definition) is 3. The van der Waals surface area contributed by atoms with Gasteiger partial charge in [-0.15, -0.1) is 0 Å². The molecule has 17 heavy (non-hydrogen) atoms. The van der Waals surface area contributed by atoms with E-state index in [2.05, 4.69) is 10.4 Å². The Balaban J connectivity index is 2.05. The van der Waals surface area contributed by atoms with Crippen molar-refractivity contribution in [3.63, 3.8) is 0 Å². The summed E-state index contributed by atoms with van der Waals surface area (Å²) in [4.78, 5) is 10.5. The van der Waals surface area contributed by atoms with Crippen LogP contribution in [0.3, 0.4) is 0 Å². The topological polar surface area (TPSA) is 67.2 Å². The Bertz CT molecular complexity index is 517.